The first kappa shape index (κ1) is 28.2. The van der Waals surface area contributed by atoms with Gasteiger partial charge in [-0.05, 0) is 60.2 Å². The summed E-state index contributed by atoms with van der Waals surface area (Å²) >= 11 is 0. The van der Waals surface area contributed by atoms with Crippen LogP contribution in [0.25, 0.3) is 0 Å². The van der Waals surface area contributed by atoms with Crippen molar-refractivity contribution in [2.75, 3.05) is 0 Å². The number of fused-ring (bicyclic) bond motifs is 1. The number of allylic oxidation sites excluding steroid dienone is 8. The molecule has 0 unspecified atom stereocenters. The van der Waals surface area contributed by atoms with E-state index in [1.807, 2.05) is 52.8 Å². The molecule has 1 saturated carbocycles. The van der Waals surface area contributed by atoms with Crippen LogP contribution in [0.1, 0.15) is 93.9 Å². The second-order valence-electron chi connectivity index (χ2n) is 14.4. The molecule has 5 aliphatic rings. The Morgan fingerprint density at radius 1 is 0.500 bits per heavy atom. The van der Waals surface area contributed by atoms with E-state index in [2.05, 4.69) is 55.4 Å². The Balaban J connectivity index is 0.000000481. The molecule has 3 fully saturated rings. The molecule has 0 N–H and O–H groups in total. The predicted molar refractivity (Wildman–Crippen MR) is 150 cm³/mol. The van der Waals surface area contributed by atoms with Gasteiger partial charge in [0.05, 0.1) is 0 Å². The van der Waals surface area contributed by atoms with Gasteiger partial charge in [-0.15, -0.1) is 0 Å². The molecule has 0 aromatic heterocycles. The molecule has 2 aliphatic heterocycles. The van der Waals surface area contributed by atoms with E-state index in [0.717, 1.165) is 13.4 Å². The summed E-state index contributed by atoms with van der Waals surface area (Å²) in [6.07, 6.45) is 24.0. The third-order valence-electron chi connectivity index (χ3n) is 11.1. The number of rotatable bonds is 2. The molecule has 3 heteroatoms. The third kappa shape index (κ3) is 5.32. The van der Waals surface area contributed by atoms with Gasteiger partial charge < -0.3 is 0 Å². The molecule has 2 heterocycles. The Morgan fingerprint density at radius 2 is 0.824 bits per heavy atom. The average Bonchev–Trinajstić information content (AvgIpc) is 3.41. The van der Waals surface area contributed by atoms with E-state index in [9.17, 15) is 0 Å². The monoisotopic (exact) mass is 502 g/mol. The van der Waals surface area contributed by atoms with Crippen molar-refractivity contribution in [3.05, 3.63) is 52.8 Å². The van der Waals surface area contributed by atoms with E-state index in [1.165, 1.54) is 63.8 Å². The van der Waals surface area contributed by atoms with E-state index in [0.29, 0.717) is 21.7 Å². The molecule has 0 bridgehead atoms. The molecule has 0 aromatic rings. The minimum absolute atomic E-state index is 0. The zero-order valence-corrected chi connectivity index (χ0v) is 24.5. The van der Waals surface area contributed by atoms with Crippen LogP contribution in [-0.4, -0.2) is 13.4 Å². The maximum Gasteiger partial charge on any atom is 0.172 e. The van der Waals surface area contributed by atoms with Crippen molar-refractivity contribution in [2.24, 2.45) is 21.7 Å². The first-order chi connectivity index (χ1) is 15.3. The Morgan fingerprint density at radius 3 is 1.09 bits per heavy atom. The largest absolute Gasteiger partial charge is 0.172 e. The first-order valence-electron chi connectivity index (χ1n) is 14.0. The number of hydrogen-bond acceptors (Lipinski definition) is 0. The zero-order valence-electron chi connectivity index (χ0n) is 23.4. The van der Waals surface area contributed by atoms with Crippen LogP contribution in [-0.2, 0) is 16.8 Å². The molecular formula is C31H49B2Co. The maximum absolute atomic E-state index is 2.52. The third-order valence-corrected chi connectivity index (χ3v) is 11.1. The van der Waals surface area contributed by atoms with E-state index >= 15 is 0 Å². The van der Waals surface area contributed by atoms with Crippen LogP contribution >= 0.6 is 0 Å². The number of hydrogen-bond donors (Lipinski definition) is 0. The summed E-state index contributed by atoms with van der Waals surface area (Å²) in [6, 6.07) is 0. The quantitative estimate of drug-likeness (QED) is 0.330. The van der Waals surface area contributed by atoms with E-state index in [1.54, 1.807) is 0 Å². The smallest absolute Gasteiger partial charge is 0.0974 e. The van der Waals surface area contributed by atoms with Crippen molar-refractivity contribution in [2.45, 2.75) is 119 Å². The van der Waals surface area contributed by atoms with Crippen molar-refractivity contribution in [3.8, 4) is 0 Å². The normalized spacial score (nSPS) is 28.0. The Bertz CT molecular complexity index is 777. The van der Waals surface area contributed by atoms with Gasteiger partial charge in [0.2, 0.25) is 0 Å². The molecule has 3 aliphatic carbocycles. The molecule has 188 valence electrons. The first-order valence-corrected chi connectivity index (χ1v) is 14.0. The van der Waals surface area contributed by atoms with Gasteiger partial charge in [-0.25, -0.2) is 0 Å². The van der Waals surface area contributed by atoms with Crippen LogP contribution < -0.4 is 0 Å². The predicted octanol–water partition coefficient (Wildman–Crippen LogP) is 9.46. The summed E-state index contributed by atoms with van der Waals surface area (Å²) < 4.78 is 0. The molecule has 0 amide bonds. The van der Waals surface area contributed by atoms with Gasteiger partial charge >= 0.3 is 0 Å². The topological polar surface area (TPSA) is 0 Å². The minimum Gasteiger partial charge on any atom is -0.0974 e. The average molecular weight is 502 g/mol. The van der Waals surface area contributed by atoms with Gasteiger partial charge in [0, 0.05) is 23.2 Å². The van der Waals surface area contributed by atoms with Crippen LogP contribution in [0.2, 0.25) is 25.3 Å². The van der Waals surface area contributed by atoms with E-state index in [-0.39, 0.29) is 16.8 Å². The second kappa shape index (κ2) is 10.2. The standard InChI is InChI=1S/C26H44B2.C5H5.Co/c1-23(2)15-27(16-24(23,3)4)21-13-14-22(20-12-10-9-11-19(20)21)28-17-25(5,6)26(7,8)18-28;1-2-4-5-3-1;/h9-18H2,1-8H3;1-5H;. The van der Waals surface area contributed by atoms with Crippen LogP contribution in [0, 0.1) is 28.1 Å². The fourth-order valence-corrected chi connectivity index (χ4v) is 7.61. The van der Waals surface area contributed by atoms with Gasteiger partial charge in [-0.1, -0.05) is 127 Å². The summed E-state index contributed by atoms with van der Waals surface area (Å²) in [5.74, 6) is 0. The van der Waals surface area contributed by atoms with Crippen LogP contribution in [0.4, 0.5) is 0 Å². The fraction of sp³-hybridized carbons (Fsp3) is 0.710. The molecule has 0 spiro atoms. The van der Waals surface area contributed by atoms with Gasteiger partial charge in [-0.2, -0.15) is 0 Å². The molecule has 0 atom stereocenters. The summed E-state index contributed by atoms with van der Waals surface area (Å²) in [5, 5.41) is 0. The van der Waals surface area contributed by atoms with Gasteiger partial charge in [0.25, 0.3) is 0 Å². The maximum atomic E-state index is 2.52. The van der Waals surface area contributed by atoms with Crippen molar-refractivity contribution in [1.82, 2.24) is 0 Å². The molecule has 5 rings (SSSR count). The van der Waals surface area contributed by atoms with Crippen LogP contribution in [0.3, 0.4) is 0 Å². The molecule has 0 aromatic carbocycles. The Hall–Kier alpha value is -0.404. The SMILES string of the molecule is CC1(C)CB(C2=C3CCCCC3=C(B3CC(C)(C)C(C)(C)C3)CC2)CC1(C)C.[CH]1C=CC=C1.[Co]. The summed E-state index contributed by atoms with van der Waals surface area (Å²) in [7, 11) is 0. The van der Waals surface area contributed by atoms with E-state index in [4.69, 9.17) is 0 Å². The molecular weight excluding hydrogens is 453 g/mol. The van der Waals surface area contributed by atoms with Crippen molar-refractivity contribution in [1.29, 1.82) is 0 Å². The van der Waals surface area contributed by atoms with Gasteiger partial charge in [0.1, 0.15) is 0 Å². The van der Waals surface area contributed by atoms with Crippen molar-refractivity contribution >= 4 is 13.4 Å². The molecule has 34 heavy (non-hydrogen) atoms. The van der Waals surface area contributed by atoms with Crippen LogP contribution in [0.15, 0.2) is 46.4 Å². The zero-order chi connectivity index (χ0) is 24.1. The van der Waals surface area contributed by atoms with Gasteiger partial charge in [0.15, 0.2) is 13.4 Å². The Kier molecular flexibility index (Phi) is 8.42. The fourth-order valence-electron chi connectivity index (χ4n) is 7.61. The van der Waals surface area contributed by atoms with Gasteiger partial charge in [-0.3, -0.25) is 0 Å². The molecule has 2 saturated heterocycles. The summed E-state index contributed by atoms with van der Waals surface area (Å²) in [6.45, 7) is 21.9. The van der Waals surface area contributed by atoms with Crippen molar-refractivity contribution < 1.29 is 16.8 Å². The minimum atomic E-state index is 0. The van der Waals surface area contributed by atoms with Crippen LogP contribution in [0.5, 0.6) is 0 Å². The molecule has 0 nitrogen and oxygen atoms in total. The Labute approximate surface area is 223 Å². The summed E-state index contributed by atoms with van der Waals surface area (Å²) in [4.78, 5) is 0. The van der Waals surface area contributed by atoms with E-state index < -0.39 is 0 Å². The molecule has 2 radical (unpaired) electrons. The second-order valence-corrected chi connectivity index (χ2v) is 14.4. The van der Waals surface area contributed by atoms with Crippen molar-refractivity contribution in [3.63, 3.8) is 0 Å². The summed E-state index contributed by atoms with van der Waals surface area (Å²) in [5.41, 5.74) is 9.46.